The van der Waals surface area contributed by atoms with Gasteiger partial charge >= 0.3 is 0 Å². The fourth-order valence-electron chi connectivity index (χ4n) is 1.74. The molecule has 2 aromatic rings. The second-order valence-electron chi connectivity index (χ2n) is 4.94. The van der Waals surface area contributed by atoms with Gasteiger partial charge in [0.15, 0.2) is 0 Å². The Labute approximate surface area is 118 Å². The lowest BCUT2D eigenvalue weighted by Crippen LogP contribution is -2.08. The van der Waals surface area contributed by atoms with Gasteiger partial charge in [-0.2, -0.15) is 0 Å². The molecule has 0 spiro atoms. The number of rotatable bonds is 1. The third-order valence-corrected chi connectivity index (χ3v) is 2.61. The van der Waals surface area contributed by atoms with E-state index in [9.17, 15) is 8.78 Å². The van der Waals surface area contributed by atoms with E-state index in [1.54, 1.807) is 13.0 Å². The van der Waals surface area contributed by atoms with Gasteiger partial charge in [0.2, 0.25) is 0 Å². The van der Waals surface area contributed by atoms with Crippen molar-refractivity contribution in [3.05, 3.63) is 59.2 Å². The summed E-state index contributed by atoms with van der Waals surface area (Å²) < 4.78 is 25.1. The highest BCUT2D eigenvalue weighted by Gasteiger charge is 1.98. The topological polar surface area (TPSA) is 29.3 Å². The van der Waals surface area contributed by atoms with Gasteiger partial charge in [0.05, 0.1) is 0 Å². The van der Waals surface area contributed by atoms with Gasteiger partial charge in [-0.15, -0.1) is 0 Å². The molecule has 0 aliphatic rings. The molecule has 108 valence electrons. The number of nitrogen functional groups attached to an aromatic ring is 1. The van der Waals surface area contributed by atoms with E-state index in [0.717, 1.165) is 16.8 Å². The number of halogens is 2. The van der Waals surface area contributed by atoms with E-state index in [0.29, 0.717) is 5.69 Å². The van der Waals surface area contributed by atoms with E-state index < -0.39 is 0 Å². The van der Waals surface area contributed by atoms with Gasteiger partial charge in [-0.1, -0.05) is 0 Å². The molecule has 0 bridgehead atoms. The molecule has 0 radical (unpaired) electrons. The van der Waals surface area contributed by atoms with Crippen molar-refractivity contribution in [2.24, 2.45) is 0 Å². The fraction of sp³-hybridized carbons (Fsp3) is 0.250. The van der Waals surface area contributed by atoms with E-state index in [2.05, 4.69) is 0 Å². The molecular weight excluding hydrogens is 258 g/mol. The predicted molar refractivity (Wildman–Crippen MR) is 81.0 cm³/mol. The highest BCUT2D eigenvalue weighted by atomic mass is 19.1. The van der Waals surface area contributed by atoms with Crippen LogP contribution in [0, 0.1) is 25.5 Å². The molecule has 2 aromatic carbocycles. The third kappa shape index (κ3) is 5.26. The lowest BCUT2D eigenvalue weighted by Gasteiger charge is -2.12. The first-order valence-electron chi connectivity index (χ1n) is 6.25. The number of benzene rings is 2. The molecule has 2 N–H and O–H groups in total. The van der Waals surface area contributed by atoms with Crippen molar-refractivity contribution in [1.29, 1.82) is 0 Å². The summed E-state index contributed by atoms with van der Waals surface area (Å²) in [6, 6.07) is 9.45. The molecule has 2 rings (SSSR count). The van der Waals surface area contributed by atoms with Gasteiger partial charge in [0.25, 0.3) is 0 Å². The molecule has 0 saturated heterocycles. The predicted octanol–water partition coefficient (Wildman–Crippen LogP) is 3.92. The average Bonchev–Trinajstić information content (AvgIpc) is 2.26. The van der Waals surface area contributed by atoms with Gasteiger partial charge < -0.3 is 10.6 Å². The van der Waals surface area contributed by atoms with Crippen LogP contribution < -0.4 is 10.6 Å². The maximum absolute atomic E-state index is 12.8. The summed E-state index contributed by atoms with van der Waals surface area (Å²) in [6.07, 6.45) is 0. The Morgan fingerprint density at radius 2 is 1.30 bits per heavy atom. The molecule has 20 heavy (non-hydrogen) atoms. The first kappa shape index (κ1) is 16.0. The second-order valence-corrected chi connectivity index (χ2v) is 4.94. The minimum absolute atomic E-state index is 0.172. The Balaban J connectivity index is 0.000000204. The van der Waals surface area contributed by atoms with Gasteiger partial charge in [-0.3, -0.25) is 0 Å². The molecule has 0 aromatic heterocycles. The van der Waals surface area contributed by atoms with Crippen LogP contribution in [0.1, 0.15) is 11.1 Å². The van der Waals surface area contributed by atoms with E-state index in [1.165, 1.54) is 24.3 Å². The lowest BCUT2D eigenvalue weighted by molar-refractivity contribution is 0.626. The molecular formula is C16H20F2N2. The van der Waals surface area contributed by atoms with Gasteiger partial charge in [0.1, 0.15) is 11.6 Å². The minimum atomic E-state index is -0.271. The molecule has 0 amide bonds. The number of anilines is 2. The van der Waals surface area contributed by atoms with Crippen molar-refractivity contribution in [3.8, 4) is 0 Å². The first-order chi connectivity index (χ1) is 9.27. The summed E-state index contributed by atoms with van der Waals surface area (Å²) in [7, 11) is 3.79. The zero-order valence-electron chi connectivity index (χ0n) is 12.2. The Kier molecular flexibility index (Phi) is 5.50. The van der Waals surface area contributed by atoms with Crippen LogP contribution in [0.4, 0.5) is 20.2 Å². The monoisotopic (exact) mass is 278 g/mol. The lowest BCUT2D eigenvalue weighted by atomic mass is 10.2. The van der Waals surface area contributed by atoms with Crippen LogP contribution in [0.3, 0.4) is 0 Å². The smallest absolute Gasteiger partial charge is 0.125 e. The zero-order chi connectivity index (χ0) is 15.3. The summed E-state index contributed by atoms with van der Waals surface area (Å²) >= 11 is 0. The molecule has 0 fully saturated rings. The number of nitrogens with two attached hydrogens (primary N) is 1. The highest BCUT2D eigenvalue weighted by molar-refractivity contribution is 5.47. The van der Waals surface area contributed by atoms with Crippen molar-refractivity contribution < 1.29 is 8.78 Å². The van der Waals surface area contributed by atoms with Crippen LogP contribution in [0.15, 0.2) is 36.4 Å². The maximum atomic E-state index is 12.8. The van der Waals surface area contributed by atoms with Crippen molar-refractivity contribution in [2.45, 2.75) is 13.8 Å². The minimum Gasteiger partial charge on any atom is -0.399 e. The summed E-state index contributed by atoms with van der Waals surface area (Å²) in [5, 5.41) is 0. The third-order valence-electron chi connectivity index (χ3n) is 2.61. The van der Waals surface area contributed by atoms with Crippen LogP contribution >= 0.6 is 0 Å². The number of hydrogen-bond donors (Lipinski definition) is 1. The normalized spacial score (nSPS) is 9.70. The van der Waals surface area contributed by atoms with Crippen LogP contribution in [0.5, 0.6) is 0 Å². The largest absolute Gasteiger partial charge is 0.399 e. The number of nitrogens with zero attached hydrogens (tertiary/aromatic N) is 1. The summed E-state index contributed by atoms with van der Waals surface area (Å²) in [6.45, 7) is 3.69. The molecule has 0 aliphatic heterocycles. The van der Waals surface area contributed by atoms with Crippen LogP contribution in [-0.2, 0) is 0 Å². The Morgan fingerprint density at radius 1 is 0.800 bits per heavy atom. The van der Waals surface area contributed by atoms with E-state index in [-0.39, 0.29) is 11.6 Å². The van der Waals surface area contributed by atoms with Crippen LogP contribution in [0.2, 0.25) is 0 Å². The van der Waals surface area contributed by atoms with Crippen molar-refractivity contribution in [1.82, 2.24) is 0 Å². The van der Waals surface area contributed by atoms with Crippen molar-refractivity contribution in [2.75, 3.05) is 24.7 Å². The standard InChI is InChI=1S/C9H12FN.C7H8FN/c1-7-4-8(10)6-9(5-7)11(2)3;1-5-2-6(8)4-7(9)3-5/h4-6H,1-3H3;2-4H,9H2,1H3. The van der Waals surface area contributed by atoms with E-state index in [1.807, 2.05) is 32.0 Å². The van der Waals surface area contributed by atoms with E-state index in [4.69, 9.17) is 5.73 Å². The summed E-state index contributed by atoms with van der Waals surface area (Å²) in [5.74, 6) is -0.443. The van der Waals surface area contributed by atoms with Gasteiger partial charge in [0, 0.05) is 25.5 Å². The molecule has 0 saturated carbocycles. The molecule has 0 unspecified atom stereocenters. The van der Waals surface area contributed by atoms with Crippen LogP contribution in [-0.4, -0.2) is 14.1 Å². The summed E-state index contributed by atoms with van der Waals surface area (Å²) in [5.41, 5.74) is 8.51. The average molecular weight is 278 g/mol. The van der Waals surface area contributed by atoms with Crippen molar-refractivity contribution >= 4 is 11.4 Å². The Morgan fingerprint density at radius 3 is 1.70 bits per heavy atom. The van der Waals surface area contributed by atoms with E-state index >= 15 is 0 Å². The fourth-order valence-corrected chi connectivity index (χ4v) is 1.74. The Bertz CT molecular complexity index is 510. The number of aryl methyl sites for hydroxylation is 2. The molecule has 0 heterocycles. The van der Waals surface area contributed by atoms with Crippen molar-refractivity contribution in [3.63, 3.8) is 0 Å². The van der Waals surface area contributed by atoms with Gasteiger partial charge in [-0.25, -0.2) is 8.78 Å². The molecule has 2 nitrogen and oxygen atoms in total. The van der Waals surface area contributed by atoms with Crippen LogP contribution in [0.25, 0.3) is 0 Å². The second kappa shape index (κ2) is 6.89. The maximum Gasteiger partial charge on any atom is 0.125 e. The zero-order valence-corrected chi connectivity index (χ0v) is 12.2. The van der Waals surface area contributed by atoms with Gasteiger partial charge in [-0.05, 0) is 61.4 Å². The number of hydrogen-bond acceptors (Lipinski definition) is 2. The Hall–Kier alpha value is -2.10. The molecule has 4 heteroatoms. The molecule has 0 aliphatic carbocycles. The highest BCUT2D eigenvalue weighted by Crippen LogP contribution is 2.15. The SMILES string of the molecule is Cc1cc(F)cc(N(C)C)c1.Cc1cc(N)cc(F)c1. The quantitative estimate of drug-likeness (QED) is 0.801. The first-order valence-corrected chi connectivity index (χ1v) is 6.25. The summed E-state index contributed by atoms with van der Waals surface area (Å²) in [4.78, 5) is 1.88. The molecule has 0 atom stereocenters.